The molecule has 1 N–H and O–H groups in total. The third-order valence-electron chi connectivity index (χ3n) is 10.4. The highest BCUT2D eigenvalue weighted by molar-refractivity contribution is 6.01. The first-order chi connectivity index (χ1) is 18.5. The Kier molecular flexibility index (Phi) is 7.40. The molecule has 214 valence electrons. The zero-order chi connectivity index (χ0) is 28.2. The molecule has 0 radical (unpaired) electrons. The van der Waals surface area contributed by atoms with E-state index in [-0.39, 0.29) is 42.2 Å². The van der Waals surface area contributed by atoms with Crippen molar-refractivity contribution in [3.63, 3.8) is 0 Å². The second kappa shape index (κ2) is 10.2. The fraction of sp³-hybridized carbons (Fsp3) is 0.733. The standard InChI is InChI=1S/C30H40O9/c1-5-6-26-38-23-14-20-19-8-7-17-13-18(31)11-12-28(17,2)27(19)21(32)15-29(20,3)30(23,39-26)22(33)16-37-25(35)10-9-24(34)36-4/h11-13,19-21,23,26-27,32H,5-10,14-16H2,1-4H3/t19-,20-,21-,23+,26?,27+,28-,29-,30+/m0/s1. The van der Waals surface area contributed by atoms with Crippen molar-refractivity contribution in [2.45, 2.75) is 96.2 Å². The lowest BCUT2D eigenvalue weighted by molar-refractivity contribution is -0.201. The fourth-order valence-electron chi connectivity index (χ4n) is 8.64. The predicted molar refractivity (Wildman–Crippen MR) is 138 cm³/mol. The van der Waals surface area contributed by atoms with E-state index >= 15 is 0 Å². The van der Waals surface area contributed by atoms with Gasteiger partial charge in [-0.2, -0.15) is 0 Å². The van der Waals surface area contributed by atoms with Crippen molar-refractivity contribution < 1.29 is 43.2 Å². The lowest BCUT2D eigenvalue weighted by atomic mass is 9.46. The number of esters is 2. The van der Waals surface area contributed by atoms with Gasteiger partial charge in [-0.05, 0) is 56.1 Å². The van der Waals surface area contributed by atoms with Crippen LogP contribution >= 0.6 is 0 Å². The van der Waals surface area contributed by atoms with Crippen molar-refractivity contribution in [2.24, 2.45) is 28.6 Å². The van der Waals surface area contributed by atoms with E-state index in [9.17, 15) is 24.3 Å². The number of hydrogen-bond acceptors (Lipinski definition) is 9. The summed E-state index contributed by atoms with van der Waals surface area (Å²) in [5.74, 6) is -1.50. The Hall–Kier alpha value is -2.36. The zero-order valence-corrected chi connectivity index (χ0v) is 23.3. The molecule has 1 unspecified atom stereocenters. The number of methoxy groups -OCH3 is 1. The van der Waals surface area contributed by atoms with Gasteiger partial charge in [0.25, 0.3) is 0 Å². The topological polar surface area (TPSA) is 125 Å². The molecule has 5 aliphatic rings. The molecule has 4 aliphatic carbocycles. The van der Waals surface area contributed by atoms with Crippen LogP contribution in [0.3, 0.4) is 0 Å². The summed E-state index contributed by atoms with van der Waals surface area (Å²) in [6, 6.07) is 0. The SMILES string of the molecule is CCCC1O[C@@H]2C[C@H]3[C@@H]4CCC5=CC(=O)C=C[C@]5(C)[C@H]4[C@@H](O)C[C@]3(C)[C@]2(C(=O)COC(=O)CCC(=O)OC)O1. The summed E-state index contributed by atoms with van der Waals surface area (Å²) >= 11 is 0. The van der Waals surface area contributed by atoms with E-state index < -0.39 is 53.5 Å². The van der Waals surface area contributed by atoms with E-state index in [4.69, 9.17) is 14.2 Å². The van der Waals surface area contributed by atoms with Crippen molar-refractivity contribution in [2.75, 3.05) is 13.7 Å². The van der Waals surface area contributed by atoms with E-state index in [1.807, 2.05) is 19.9 Å². The van der Waals surface area contributed by atoms with Crippen molar-refractivity contribution in [1.82, 2.24) is 0 Å². The molecule has 0 spiro atoms. The number of carbonyl (C=O) groups excluding carboxylic acids is 4. The minimum atomic E-state index is -1.35. The number of aliphatic hydroxyl groups is 1. The van der Waals surface area contributed by atoms with E-state index in [2.05, 4.69) is 11.7 Å². The van der Waals surface area contributed by atoms with Gasteiger partial charge in [-0.1, -0.05) is 38.8 Å². The summed E-state index contributed by atoms with van der Waals surface area (Å²) in [6.07, 6.45) is 7.18. The Bertz CT molecular complexity index is 1110. The molecule has 1 aliphatic heterocycles. The molecule has 5 rings (SSSR count). The van der Waals surface area contributed by atoms with Crippen molar-refractivity contribution in [3.8, 4) is 0 Å². The van der Waals surface area contributed by atoms with Gasteiger partial charge in [-0.25, -0.2) is 0 Å². The average molecular weight is 545 g/mol. The minimum Gasteiger partial charge on any atom is -0.469 e. The quantitative estimate of drug-likeness (QED) is 0.459. The molecule has 0 amide bonds. The van der Waals surface area contributed by atoms with Crippen LogP contribution in [0.25, 0.3) is 0 Å². The van der Waals surface area contributed by atoms with Gasteiger partial charge >= 0.3 is 11.9 Å². The Morgan fingerprint density at radius 1 is 1.18 bits per heavy atom. The van der Waals surface area contributed by atoms with Crippen LogP contribution in [-0.2, 0) is 38.1 Å². The Labute approximate surface area is 229 Å². The van der Waals surface area contributed by atoms with Crippen molar-refractivity contribution in [3.05, 3.63) is 23.8 Å². The molecule has 4 fully saturated rings. The van der Waals surface area contributed by atoms with Crippen LogP contribution in [0, 0.1) is 28.6 Å². The predicted octanol–water partition coefficient (Wildman–Crippen LogP) is 3.22. The molecule has 1 heterocycles. The highest BCUT2D eigenvalue weighted by atomic mass is 16.7. The number of rotatable bonds is 8. The number of fused-ring (bicyclic) bond motifs is 7. The monoisotopic (exact) mass is 544 g/mol. The summed E-state index contributed by atoms with van der Waals surface area (Å²) in [4.78, 5) is 49.9. The number of ether oxygens (including phenoxy) is 4. The van der Waals surface area contributed by atoms with Gasteiger partial charge in [0, 0.05) is 16.7 Å². The van der Waals surface area contributed by atoms with Gasteiger partial charge in [-0.3, -0.25) is 19.2 Å². The highest BCUT2D eigenvalue weighted by Crippen LogP contribution is 2.69. The molecule has 9 heteroatoms. The second-order valence-corrected chi connectivity index (χ2v) is 12.3. The van der Waals surface area contributed by atoms with Crippen LogP contribution < -0.4 is 0 Å². The van der Waals surface area contributed by atoms with E-state index in [1.165, 1.54) is 7.11 Å². The molecular formula is C30H40O9. The summed E-state index contributed by atoms with van der Waals surface area (Å²) < 4.78 is 22.8. The third kappa shape index (κ3) is 4.32. The third-order valence-corrected chi connectivity index (χ3v) is 10.4. The first-order valence-electron chi connectivity index (χ1n) is 14.2. The van der Waals surface area contributed by atoms with Crippen LogP contribution in [-0.4, -0.2) is 66.4 Å². The van der Waals surface area contributed by atoms with Crippen molar-refractivity contribution in [1.29, 1.82) is 0 Å². The maximum absolute atomic E-state index is 14.0. The lowest BCUT2D eigenvalue weighted by Gasteiger charge is -2.59. The zero-order valence-electron chi connectivity index (χ0n) is 23.3. The van der Waals surface area contributed by atoms with E-state index in [0.29, 0.717) is 19.3 Å². The second-order valence-electron chi connectivity index (χ2n) is 12.3. The molecule has 9 atom stereocenters. The van der Waals surface area contributed by atoms with E-state index in [0.717, 1.165) is 24.8 Å². The maximum atomic E-state index is 14.0. The summed E-state index contributed by atoms with van der Waals surface area (Å²) in [6.45, 7) is 5.67. The molecule has 9 nitrogen and oxygen atoms in total. The highest BCUT2D eigenvalue weighted by Gasteiger charge is 2.75. The molecule has 0 aromatic carbocycles. The van der Waals surface area contributed by atoms with Gasteiger partial charge < -0.3 is 24.1 Å². The van der Waals surface area contributed by atoms with Crippen LogP contribution in [0.15, 0.2) is 23.8 Å². The number of carbonyl (C=O) groups is 4. The molecule has 0 aromatic heterocycles. The first-order valence-corrected chi connectivity index (χ1v) is 14.2. The minimum absolute atomic E-state index is 0.0130. The number of aliphatic hydroxyl groups excluding tert-OH is 1. The van der Waals surface area contributed by atoms with Crippen LogP contribution in [0.2, 0.25) is 0 Å². The Morgan fingerprint density at radius 2 is 1.92 bits per heavy atom. The first kappa shape index (κ1) is 28.2. The van der Waals surface area contributed by atoms with Crippen LogP contribution in [0.1, 0.15) is 72.1 Å². The fourth-order valence-corrected chi connectivity index (χ4v) is 8.64. The average Bonchev–Trinajstić information content (AvgIpc) is 3.38. The van der Waals surface area contributed by atoms with Gasteiger partial charge in [0.05, 0.1) is 32.2 Å². The van der Waals surface area contributed by atoms with Gasteiger partial charge in [0.2, 0.25) is 5.78 Å². The molecule has 1 saturated heterocycles. The van der Waals surface area contributed by atoms with Crippen LogP contribution in [0.4, 0.5) is 0 Å². The Morgan fingerprint density at radius 3 is 2.64 bits per heavy atom. The smallest absolute Gasteiger partial charge is 0.306 e. The maximum Gasteiger partial charge on any atom is 0.306 e. The number of ketones is 2. The molecule has 3 saturated carbocycles. The number of hydrogen-bond donors (Lipinski definition) is 1. The Balaban J connectivity index is 1.43. The largest absolute Gasteiger partial charge is 0.469 e. The summed E-state index contributed by atoms with van der Waals surface area (Å²) in [5, 5.41) is 11.8. The van der Waals surface area contributed by atoms with Gasteiger partial charge in [0.1, 0.15) is 0 Å². The summed E-state index contributed by atoms with van der Waals surface area (Å²) in [5.41, 5.74) is -1.44. The normalized spacial score (nSPS) is 42.1. The van der Waals surface area contributed by atoms with Gasteiger partial charge in [0.15, 0.2) is 24.3 Å². The lowest BCUT2D eigenvalue weighted by Crippen LogP contribution is -2.63. The molecule has 0 bridgehead atoms. The van der Waals surface area contributed by atoms with Gasteiger partial charge in [-0.15, -0.1) is 0 Å². The summed E-state index contributed by atoms with van der Waals surface area (Å²) in [7, 11) is 1.24. The van der Waals surface area contributed by atoms with Crippen molar-refractivity contribution >= 4 is 23.5 Å². The van der Waals surface area contributed by atoms with Crippen LogP contribution in [0.5, 0.6) is 0 Å². The van der Waals surface area contributed by atoms with E-state index in [1.54, 1.807) is 12.2 Å². The molecule has 39 heavy (non-hydrogen) atoms. The molecule has 0 aromatic rings. The molecular weight excluding hydrogens is 504 g/mol. The number of Topliss-reactive ketones (excluding diaryl/α,β-unsaturated/α-hetero) is 1. The number of allylic oxidation sites excluding steroid dienone is 4.